The molecule has 1 aromatic heterocycles. The molecule has 1 fully saturated rings. The third kappa shape index (κ3) is 2.80. The van der Waals surface area contributed by atoms with Gasteiger partial charge >= 0.3 is 6.18 Å². The van der Waals surface area contributed by atoms with Gasteiger partial charge in [-0.25, -0.2) is 0 Å². The molecular weight excluding hydrogens is 231 g/mol. The molecule has 0 saturated carbocycles. The Bertz CT molecular complexity index is 372. The summed E-state index contributed by atoms with van der Waals surface area (Å²) in [5.74, 6) is 0.146. The van der Waals surface area contributed by atoms with E-state index in [0.29, 0.717) is 5.69 Å². The number of H-pyrrole nitrogens is 1. The fraction of sp³-hybridized carbons (Fsp3) is 0.727. The van der Waals surface area contributed by atoms with Gasteiger partial charge in [-0.05, 0) is 32.0 Å². The molecule has 0 aliphatic carbocycles. The number of likely N-dealkylation sites (N-methyl/N-ethyl adjacent to an activating group) is 1. The Morgan fingerprint density at radius 1 is 1.53 bits per heavy atom. The first kappa shape index (κ1) is 12.4. The van der Waals surface area contributed by atoms with Gasteiger partial charge in [-0.3, -0.25) is 5.10 Å². The molecule has 2 heterocycles. The molecule has 1 aliphatic heterocycles. The minimum Gasteiger partial charge on any atom is -0.303 e. The maximum Gasteiger partial charge on any atom is 0.435 e. The smallest absolute Gasteiger partial charge is 0.303 e. The van der Waals surface area contributed by atoms with Gasteiger partial charge in [-0.15, -0.1) is 0 Å². The van der Waals surface area contributed by atoms with Crippen LogP contribution in [0.1, 0.15) is 37.1 Å². The van der Waals surface area contributed by atoms with Gasteiger partial charge in [-0.2, -0.15) is 18.3 Å². The highest BCUT2D eigenvalue weighted by molar-refractivity contribution is 5.16. The van der Waals surface area contributed by atoms with Crippen molar-refractivity contribution in [1.82, 2.24) is 15.1 Å². The van der Waals surface area contributed by atoms with Crippen LogP contribution in [0.3, 0.4) is 0 Å². The van der Waals surface area contributed by atoms with Crippen LogP contribution in [0.5, 0.6) is 0 Å². The predicted octanol–water partition coefficient (Wildman–Crippen LogP) is 2.63. The van der Waals surface area contributed by atoms with Gasteiger partial charge in [0, 0.05) is 18.2 Å². The number of hydrogen-bond acceptors (Lipinski definition) is 2. The Morgan fingerprint density at radius 2 is 2.29 bits per heavy atom. The normalized spacial score (nSPS) is 22.9. The Labute approximate surface area is 98.0 Å². The van der Waals surface area contributed by atoms with Crippen LogP contribution in [0.15, 0.2) is 6.07 Å². The molecule has 1 N–H and O–H groups in total. The number of aromatic nitrogens is 2. The second-order valence-electron chi connectivity index (χ2n) is 4.44. The van der Waals surface area contributed by atoms with E-state index in [-0.39, 0.29) is 5.92 Å². The molecule has 1 aromatic rings. The second-order valence-corrected chi connectivity index (χ2v) is 4.44. The van der Waals surface area contributed by atoms with E-state index in [1.54, 1.807) is 0 Å². The van der Waals surface area contributed by atoms with E-state index in [2.05, 4.69) is 22.0 Å². The summed E-state index contributed by atoms with van der Waals surface area (Å²) in [6.07, 6.45) is -2.40. The molecule has 1 atom stereocenters. The van der Waals surface area contributed by atoms with E-state index in [9.17, 15) is 13.2 Å². The minimum atomic E-state index is -4.35. The summed E-state index contributed by atoms with van der Waals surface area (Å²) in [4.78, 5) is 2.25. The SMILES string of the molecule is CCN1CCCC(c2cc(C(F)(F)F)n[nH]2)C1. The predicted molar refractivity (Wildman–Crippen MR) is 57.7 cm³/mol. The van der Waals surface area contributed by atoms with Crippen molar-refractivity contribution < 1.29 is 13.2 Å². The Hall–Kier alpha value is -1.04. The molecule has 0 spiro atoms. The van der Waals surface area contributed by atoms with Crippen molar-refractivity contribution in [3.05, 3.63) is 17.5 Å². The summed E-state index contributed by atoms with van der Waals surface area (Å²) in [5, 5.41) is 5.87. The monoisotopic (exact) mass is 247 g/mol. The van der Waals surface area contributed by atoms with Gasteiger partial charge in [0.15, 0.2) is 5.69 Å². The lowest BCUT2D eigenvalue weighted by Gasteiger charge is -2.31. The molecular formula is C11H16F3N3. The van der Waals surface area contributed by atoms with E-state index in [1.807, 2.05) is 0 Å². The van der Waals surface area contributed by atoms with Crippen LogP contribution in [0, 0.1) is 0 Å². The maximum absolute atomic E-state index is 12.4. The van der Waals surface area contributed by atoms with E-state index in [0.717, 1.165) is 38.5 Å². The van der Waals surface area contributed by atoms with Crippen LogP contribution >= 0.6 is 0 Å². The van der Waals surface area contributed by atoms with E-state index in [4.69, 9.17) is 0 Å². The summed E-state index contributed by atoms with van der Waals surface area (Å²) in [5.41, 5.74) is -0.211. The van der Waals surface area contributed by atoms with Crippen LogP contribution in [0.2, 0.25) is 0 Å². The Balaban J connectivity index is 2.09. The van der Waals surface area contributed by atoms with Crippen molar-refractivity contribution in [2.75, 3.05) is 19.6 Å². The number of aromatic amines is 1. The molecule has 0 aromatic carbocycles. The molecule has 17 heavy (non-hydrogen) atoms. The molecule has 3 nitrogen and oxygen atoms in total. The largest absolute Gasteiger partial charge is 0.435 e. The molecule has 0 bridgehead atoms. The molecule has 0 radical (unpaired) electrons. The zero-order chi connectivity index (χ0) is 12.5. The topological polar surface area (TPSA) is 31.9 Å². The zero-order valence-corrected chi connectivity index (χ0v) is 9.72. The van der Waals surface area contributed by atoms with Gasteiger partial charge in [0.2, 0.25) is 0 Å². The molecule has 1 unspecified atom stereocenters. The highest BCUT2D eigenvalue weighted by atomic mass is 19.4. The fourth-order valence-corrected chi connectivity index (χ4v) is 2.29. The van der Waals surface area contributed by atoms with Crippen molar-refractivity contribution in [3.8, 4) is 0 Å². The lowest BCUT2D eigenvalue weighted by atomic mass is 9.95. The second kappa shape index (κ2) is 4.68. The molecule has 96 valence electrons. The average Bonchev–Trinajstić information content (AvgIpc) is 2.78. The number of nitrogens with one attached hydrogen (secondary N) is 1. The summed E-state index contributed by atoms with van der Waals surface area (Å²) in [6.45, 7) is 4.86. The first-order chi connectivity index (χ1) is 8.00. The quantitative estimate of drug-likeness (QED) is 0.871. The number of hydrogen-bond donors (Lipinski definition) is 1. The van der Waals surface area contributed by atoms with Crippen LogP contribution in [0.4, 0.5) is 13.2 Å². The number of alkyl halides is 3. The van der Waals surface area contributed by atoms with Gasteiger partial charge in [0.1, 0.15) is 0 Å². The fourth-order valence-electron chi connectivity index (χ4n) is 2.29. The highest BCUT2D eigenvalue weighted by Crippen LogP contribution is 2.31. The molecule has 1 aliphatic rings. The number of halogens is 3. The standard InChI is InChI=1S/C11H16F3N3/c1-2-17-5-3-4-8(7-17)9-6-10(16-15-9)11(12,13)14/h6,8H,2-5,7H2,1H3,(H,15,16). The molecule has 0 amide bonds. The van der Waals surface area contributed by atoms with Crippen LogP contribution in [-0.2, 0) is 6.18 Å². The van der Waals surface area contributed by atoms with Crippen LogP contribution in [-0.4, -0.2) is 34.7 Å². The summed E-state index contributed by atoms with van der Waals surface area (Å²) < 4.78 is 37.3. The lowest BCUT2D eigenvalue weighted by molar-refractivity contribution is -0.141. The first-order valence-electron chi connectivity index (χ1n) is 5.85. The summed E-state index contributed by atoms with van der Waals surface area (Å²) >= 11 is 0. The minimum absolute atomic E-state index is 0.146. The van der Waals surface area contributed by atoms with E-state index in [1.165, 1.54) is 0 Å². The summed E-state index contributed by atoms with van der Waals surface area (Å²) in [7, 11) is 0. The third-order valence-electron chi connectivity index (χ3n) is 3.28. The van der Waals surface area contributed by atoms with Crippen molar-refractivity contribution in [2.24, 2.45) is 0 Å². The number of nitrogens with zero attached hydrogens (tertiary/aromatic N) is 2. The number of piperidine rings is 1. The Morgan fingerprint density at radius 3 is 2.88 bits per heavy atom. The van der Waals surface area contributed by atoms with E-state index < -0.39 is 11.9 Å². The number of rotatable bonds is 2. The zero-order valence-electron chi connectivity index (χ0n) is 9.72. The number of likely N-dealkylation sites (tertiary alicyclic amines) is 1. The molecule has 2 rings (SSSR count). The van der Waals surface area contributed by atoms with Gasteiger partial charge < -0.3 is 4.90 Å². The molecule has 1 saturated heterocycles. The van der Waals surface area contributed by atoms with Crippen molar-refractivity contribution in [2.45, 2.75) is 31.9 Å². The van der Waals surface area contributed by atoms with Crippen molar-refractivity contribution in [1.29, 1.82) is 0 Å². The van der Waals surface area contributed by atoms with Crippen LogP contribution in [0.25, 0.3) is 0 Å². The van der Waals surface area contributed by atoms with E-state index >= 15 is 0 Å². The molecule has 6 heteroatoms. The van der Waals surface area contributed by atoms with Crippen molar-refractivity contribution >= 4 is 0 Å². The summed E-state index contributed by atoms with van der Waals surface area (Å²) in [6, 6.07) is 1.14. The van der Waals surface area contributed by atoms with Gasteiger partial charge in [0.25, 0.3) is 0 Å². The van der Waals surface area contributed by atoms with Gasteiger partial charge in [0.05, 0.1) is 0 Å². The first-order valence-corrected chi connectivity index (χ1v) is 5.85. The lowest BCUT2D eigenvalue weighted by Crippen LogP contribution is -2.34. The van der Waals surface area contributed by atoms with Crippen molar-refractivity contribution in [3.63, 3.8) is 0 Å². The average molecular weight is 247 g/mol. The maximum atomic E-state index is 12.4. The Kier molecular flexibility index (Phi) is 3.42. The van der Waals surface area contributed by atoms with Gasteiger partial charge in [-0.1, -0.05) is 6.92 Å². The van der Waals surface area contributed by atoms with Crippen LogP contribution < -0.4 is 0 Å². The highest BCUT2D eigenvalue weighted by Gasteiger charge is 2.35. The third-order valence-corrected chi connectivity index (χ3v) is 3.28.